The molecule has 1 aromatic rings. The van der Waals surface area contributed by atoms with Crippen molar-refractivity contribution in [1.29, 1.82) is 0 Å². The fraction of sp³-hybridized carbons (Fsp3) is 0.647. The van der Waals surface area contributed by atoms with Crippen molar-refractivity contribution in [3.05, 3.63) is 35.6 Å². The molecule has 0 aromatic heterocycles. The van der Waals surface area contributed by atoms with E-state index in [0.29, 0.717) is 6.04 Å². The lowest BCUT2D eigenvalue weighted by Crippen LogP contribution is -2.46. The van der Waals surface area contributed by atoms with Crippen molar-refractivity contribution >= 4 is 0 Å². The van der Waals surface area contributed by atoms with E-state index in [0.717, 1.165) is 18.5 Å². The van der Waals surface area contributed by atoms with Crippen molar-refractivity contribution in [2.24, 2.45) is 5.73 Å². The van der Waals surface area contributed by atoms with E-state index >= 15 is 0 Å². The first kappa shape index (κ1) is 17.1. The lowest BCUT2D eigenvalue weighted by atomic mass is 9.98. The number of rotatable bonds is 8. The normalized spacial score (nSPS) is 16.1. The van der Waals surface area contributed by atoms with Gasteiger partial charge in [0.15, 0.2) is 0 Å². The fourth-order valence-electron chi connectivity index (χ4n) is 2.57. The van der Waals surface area contributed by atoms with Gasteiger partial charge in [-0.15, -0.1) is 0 Å². The molecule has 0 radical (unpaired) electrons. The van der Waals surface area contributed by atoms with E-state index in [-0.39, 0.29) is 17.9 Å². The average Bonchev–Trinajstić information content (AvgIpc) is 2.47. The van der Waals surface area contributed by atoms with Gasteiger partial charge in [-0.2, -0.15) is 0 Å². The Balaban J connectivity index is 2.81. The molecule has 3 atom stereocenters. The van der Waals surface area contributed by atoms with Gasteiger partial charge in [-0.3, -0.25) is 4.90 Å². The molecule has 3 unspecified atom stereocenters. The summed E-state index contributed by atoms with van der Waals surface area (Å²) in [5, 5.41) is 0. The van der Waals surface area contributed by atoms with Gasteiger partial charge in [-0.1, -0.05) is 32.4 Å². The lowest BCUT2D eigenvalue weighted by Gasteiger charge is -2.37. The highest BCUT2D eigenvalue weighted by Gasteiger charge is 2.24. The summed E-state index contributed by atoms with van der Waals surface area (Å²) in [6.07, 6.45) is 3.49. The number of nitrogens with two attached hydrogens (primary N) is 1. The summed E-state index contributed by atoms with van der Waals surface area (Å²) in [4.78, 5) is 2.48. The molecule has 20 heavy (non-hydrogen) atoms. The zero-order chi connectivity index (χ0) is 15.1. The Morgan fingerprint density at radius 1 is 1.15 bits per heavy atom. The molecule has 0 saturated carbocycles. The summed E-state index contributed by atoms with van der Waals surface area (Å²) < 4.78 is 13.0. The third-order valence-corrected chi connectivity index (χ3v) is 4.22. The van der Waals surface area contributed by atoms with Crippen molar-refractivity contribution in [2.75, 3.05) is 6.54 Å². The molecular formula is C17H29FN2. The van der Waals surface area contributed by atoms with Crippen molar-refractivity contribution in [2.45, 2.75) is 65.1 Å². The minimum Gasteiger partial charge on any atom is -0.323 e. The largest absolute Gasteiger partial charge is 0.323 e. The minimum atomic E-state index is -0.210. The second-order valence-electron chi connectivity index (χ2n) is 5.67. The van der Waals surface area contributed by atoms with Gasteiger partial charge in [0, 0.05) is 18.1 Å². The van der Waals surface area contributed by atoms with E-state index in [2.05, 4.69) is 32.6 Å². The molecule has 3 heteroatoms. The molecular weight excluding hydrogens is 251 g/mol. The van der Waals surface area contributed by atoms with Gasteiger partial charge >= 0.3 is 0 Å². The Kier molecular flexibility index (Phi) is 7.17. The Morgan fingerprint density at radius 3 is 2.25 bits per heavy atom. The molecule has 0 amide bonds. The SMILES string of the molecule is CCCCN(C(C)CC)C(C)C(N)c1ccc(F)cc1. The number of unbranched alkanes of at least 4 members (excludes halogenated alkanes) is 1. The average molecular weight is 280 g/mol. The zero-order valence-corrected chi connectivity index (χ0v) is 13.3. The van der Waals surface area contributed by atoms with Crippen molar-refractivity contribution < 1.29 is 4.39 Å². The van der Waals surface area contributed by atoms with E-state index in [4.69, 9.17) is 5.73 Å². The predicted octanol–water partition coefficient (Wildman–Crippen LogP) is 4.11. The molecule has 1 rings (SSSR count). The Morgan fingerprint density at radius 2 is 1.75 bits per heavy atom. The van der Waals surface area contributed by atoms with Crippen LogP contribution in [0, 0.1) is 5.82 Å². The summed E-state index contributed by atoms with van der Waals surface area (Å²) in [5.74, 6) is -0.210. The molecule has 0 heterocycles. The number of benzene rings is 1. The van der Waals surface area contributed by atoms with Crippen LogP contribution in [0.1, 0.15) is 58.6 Å². The van der Waals surface area contributed by atoms with E-state index in [9.17, 15) is 4.39 Å². The van der Waals surface area contributed by atoms with Crippen LogP contribution in [0.25, 0.3) is 0 Å². The van der Waals surface area contributed by atoms with Gasteiger partial charge < -0.3 is 5.73 Å². The van der Waals surface area contributed by atoms with Crippen LogP contribution < -0.4 is 5.73 Å². The van der Waals surface area contributed by atoms with Crippen LogP contribution in [-0.4, -0.2) is 23.5 Å². The molecule has 2 nitrogen and oxygen atoms in total. The Hall–Kier alpha value is -0.930. The van der Waals surface area contributed by atoms with Gasteiger partial charge in [0.05, 0.1) is 0 Å². The summed E-state index contributed by atoms with van der Waals surface area (Å²) >= 11 is 0. The molecule has 0 saturated heterocycles. The number of hydrogen-bond acceptors (Lipinski definition) is 2. The van der Waals surface area contributed by atoms with E-state index in [1.807, 2.05) is 0 Å². The van der Waals surface area contributed by atoms with E-state index < -0.39 is 0 Å². The summed E-state index contributed by atoms with van der Waals surface area (Å²) in [6, 6.07) is 7.26. The predicted molar refractivity (Wildman–Crippen MR) is 84.2 cm³/mol. The summed E-state index contributed by atoms with van der Waals surface area (Å²) in [5.41, 5.74) is 7.39. The van der Waals surface area contributed by atoms with Crippen LogP contribution >= 0.6 is 0 Å². The quantitative estimate of drug-likeness (QED) is 0.776. The van der Waals surface area contributed by atoms with Crippen LogP contribution in [0.3, 0.4) is 0 Å². The van der Waals surface area contributed by atoms with Gasteiger partial charge in [-0.25, -0.2) is 4.39 Å². The van der Waals surface area contributed by atoms with Crippen LogP contribution in [0.5, 0.6) is 0 Å². The molecule has 2 N–H and O–H groups in total. The molecule has 0 bridgehead atoms. The number of hydrogen-bond donors (Lipinski definition) is 1. The highest BCUT2D eigenvalue weighted by molar-refractivity contribution is 5.21. The smallest absolute Gasteiger partial charge is 0.123 e. The van der Waals surface area contributed by atoms with Gasteiger partial charge in [0.25, 0.3) is 0 Å². The molecule has 1 aromatic carbocycles. The molecule has 0 aliphatic carbocycles. The maximum atomic E-state index is 13.0. The lowest BCUT2D eigenvalue weighted by molar-refractivity contribution is 0.128. The highest BCUT2D eigenvalue weighted by atomic mass is 19.1. The second-order valence-corrected chi connectivity index (χ2v) is 5.67. The van der Waals surface area contributed by atoms with Gasteiger partial charge in [0.1, 0.15) is 5.82 Å². The first-order valence-corrected chi connectivity index (χ1v) is 7.78. The van der Waals surface area contributed by atoms with Crippen molar-refractivity contribution in [3.8, 4) is 0 Å². The first-order valence-electron chi connectivity index (χ1n) is 7.78. The molecule has 0 aliphatic rings. The number of nitrogens with zero attached hydrogens (tertiary/aromatic N) is 1. The minimum absolute atomic E-state index is 0.0820. The van der Waals surface area contributed by atoms with E-state index in [1.165, 1.54) is 25.0 Å². The summed E-state index contributed by atoms with van der Waals surface area (Å²) in [6.45, 7) is 9.92. The standard InChI is InChI=1S/C17H29FN2/c1-5-7-12-20(13(3)6-2)14(4)17(19)15-8-10-16(18)11-9-15/h8-11,13-14,17H,5-7,12,19H2,1-4H3. The maximum Gasteiger partial charge on any atom is 0.123 e. The Labute approximate surface area is 123 Å². The molecule has 114 valence electrons. The van der Waals surface area contributed by atoms with Crippen LogP contribution in [0.4, 0.5) is 4.39 Å². The van der Waals surface area contributed by atoms with Crippen LogP contribution in [0.15, 0.2) is 24.3 Å². The molecule has 0 spiro atoms. The second kappa shape index (κ2) is 8.38. The first-order chi connectivity index (χ1) is 9.51. The fourth-order valence-corrected chi connectivity index (χ4v) is 2.57. The summed E-state index contributed by atoms with van der Waals surface area (Å²) in [7, 11) is 0. The van der Waals surface area contributed by atoms with Crippen molar-refractivity contribution in [3.63, 3.8) is 0 Å². The molecule has 0 fully saturated rings. The van der Waals surface area contributed by atoms with Gasteiger partial charge in [0.2, 0.25) is 0 Å². The van der Waals surface area contributed by atoms with Crippen LogP contribution in [-0.2, 0) is 0 Å². The Bertz CT molecular complexity index is 377. The van der Waals surface area contributed by atoms with Gasteiger partial charge in [-0.05, 0) is 50.9 Å². The number of halogens is 1. The van der Waals surface area contributed by atoms with E-state index in [1.54, 1.807) is 12.1 Å². The van der Waals surface area contributed by atoms with Crippen LogP contribution in [0.2, 0.25) is 0 Å². The van der Waals surface area contributed by atoms with Crippen molar-refractivity contribution in [1.82, 2.24) is 4.90 Å². The highest BCUT2D eigenvalue weighted by Crippen LogP contribution is 2.22. The maximum absolute atomic E-state index is 13.0. The third kappa shape index (κ3) is 4.57. The monoisotopic (exact) mass is 280 g/mol. The third-order valence-electron chi connectivity index (χ3n) is 4.22. The molecule has 0 aliphatic heterocycles. The zero-order valence-electron chi connectivity index (χ0n) is 13.3. The topological polar surface area (TPSA) is 29.3 Å².